The van der Waals surface area contributed by atoms with E-state index in [1.807, 2.05) is 13.0 Å². The van der Waals surface area contributed by atoms with Crippen LogP contribution in [0.3, 0.4) is 0 Å². The molecule has 2 N–H and O–H groups in total. The number of carbonyl (C=O) groups is 1. The van der Waals surface area contributed by atoms with Gasteiger partial charge in [-0.05, 0) is 43.9 Å². The van der Waals surface area contributed by atoms with Gasteiger partial charge in [0.25, 0.3) is 0 Å². The summed E-state index contributed by atoms with van der Waals surface area (Å²) in [6.45, 7) is 3.53. The Labute approximate surface area is 159 Å². The van der Waals surface area contributed by atoms with Crippen LogP contribution in [0.25, 0.3) is 0 Å². The van der Waals surface area contributed by atoms with Crippen molar-refractivity contribution < 1.29 is 9.90 Å². The molecule has 1 aliphatic heterocycles. The summed E-state index contributed by atoms with van der Waals surface area (Å²) in [5.41, 5.74) is 0.871. The number of benzene rings is 1. The van der Waals surface area contributed by atoms with Gasteiger partial charge in [-0.1, -0.05) is 42.1 Å². The second-order valence-corrected chi connectivity index (χ2v) is 8.11. The Morgan fingerprint density at radius 3 is 2.68 bits per heavy atom. The first-order valence-corrected chi connectivity index (χ1v) is 9.88. The molecule has 1 aromatic carbocycles. The van der Waals surface area contributed by atoms with Crippen LogP contribution in [-0.2, 0) is 4.79 Å². The summed E-state index contributed by atoms with van der Waals surface area (Å²) < 4.78 is 0. The number of hydrogen-bond acceptors (Lipinski definition) is 3. The lowest BCUT2D eigenvalue weighted by atomic mass is 9.88. The first-order valence-electron chi connectivity index (χ1n) is 9.13. The van der Waals surface area contributed by atoms with Crippen LogP contribution in [0, 0.1) is 0 Å². The number of hydrogen-bond donors (Lipinski definition) is 2. The first-order chi connectivity index (χ1) is 12.0. The number of β-amino-alcohol motifs (C(OH)–C–C–N with tert-alkyl or cyclic N) is 1. The van der Waals surface area contributed by atoms with E-state index in [-0.39, 0.29) is 24.0 Å². The van der Waals surface area contributed by atoms with Gasteiger partial charge in [0.2, 0.25) is 5.91 Å². The third kappa shape index (κ3) is 4.48. The molecule has 1 amide bonds. The Hall–Kier alpha value is -0.810. The van der Waals surface area contributed by atoms with Crippen molar-refractivity contribution in [2.45, 2.75) is 63.1 Å². The Morgan fingerprint density at radius 2 is 2.00 bits per heavy atom. The predicted molar refractivity (Wildman–Crippen MR) is 101 cm³/mol. The summed E-state index contributed by atoms with van der Waals surface area (Å²) in [5.74, 6) is -0.253. The monoisotopic (exact) mass is 384 g/mol. The molecular weight excluding hydrogens is 359 g/mol. The molecule has 1 aliphatic carbocycles. The van der Waals surface area contributed by atoms with Gasteiger partial charge >= 0.3 is 0 Å². The van der Waals surface area contributed by atoms with E-state index in [4.69, 9.17) is 23.2 Å². The molecule has 25 heavy (non-hydrogen) atoms. The number of aliphatic hydroxyl groups is 1. The Morgan fingerprint density at radius 1 is 1.24 bits per heavy atom. The maximum Gasteiger partial charge on any atom is 0.227 e. The molecule has 0 spiro atoms. The first kappa shape index (κ1) is 19.0. The van der Waals surface area contributed by atoms with Gasteiger partial charge in [0.1, 0.15) is 0 Å². The third-order valence-corrected chi connectivity index (χ3v) is 6.30. The molecule has 1 aromatic rings. The van der Waals surface area contributed by atoms with Gasteiger partial charge in [-0.25, -0.2) is 0 Å². The number of rotatable bonds is 4. The van der Waals surface area contributed by atoms with Crippen molar-refractivity contribution >= 4 is 29.1 Å². The minimum atomic E-state index is -0.276. The summed E-state index contributed by atoms with van der Waals surface area (Å²) in [7, 11) is 0. The van der Waals surface area contributed by atoms with E-state index in [1.165, 1.54) is 6.42 Å². The van der Waals surface area contributed by atoms with Gasteiger partial charge in [-0.2, -0.15) is 0 Å². The fraction of sp³-hybridized carbons (Fsp3) is 0.632. The van der Waals surface area contributed by atoms with Gasteiger partial charge in [0, 0.05) is 25.2 Å². The number of likely N-dealkylation sites (tertiary alicyclic amines) is 1. The molecule has 2 fully saturated rings. The summed E-state index contributed by atoms with van der Waals surface area (Å²) in [6.07, 6.45) is 5.01. The summed E-state index contributed by atoms with van der Waals surface area (Å²) in [4.78, 5) is 15.1. The maximum absolute atomic E-state index is 12.8. The van der Waals surface area contributed by atoms with E-state index in [0.717, 1.165) is 44.3 Å². The lowest BCUT2D eigenvalue weighted by molar-refractivity contribution is -0.123. The van der Waals surface area contributed by atoms with Crippen LogP contribution in [-0.4, -0.2) is 47.2 Å². The molecule has 4 unspecified atom stereocenters. The molecule has 1 heterocycles. The minimum Gasteiger partial charge on any atom is -0.392 e. The average molecular weight is 385 g/mol. The van der Waals surface area contributed by atoms with Crippen LogP contribution < -0.4 is 5.32 Å². The molecule has 4 nitrogen and oxygen atoms in total. The zero-order valence-corrected chi connectivity index (χ0v) is 16.1. The molecule has 3 rings (SSSR count). The molecule has 6 heteroatoms. The summed E-state index contributed by atoms with van der Waals surface area (Å²) >= 11 is 12.0. The lowest BCUT2D eigenvalue weighted by Gasteiger charge is -2.38. The maximum atomic E-state index is 12.8. The van der Waals surface area contributed by atoms with Crippen LogP contribution in [0.4, 0.5) is 0 Å². The van der Waals surface area contributed by atoms with Gasteiger partial charge in [0.05, 0.1) is 22.1 Å². The normalized spacial score (nSPS) is 28.7. The van der Waals surface area contributed by atoms with Gasteiger partial charge < -0.3 is 10.4 Å². The number of carbonyl (C=O) groups excluding carboxylic acids is 1. The lowest BCUT2D eigenvalue weighted by Crippen LogP contribution is -2.53. The molecule has 1 saturated carbocycles. The molecule has 2 aliphatic rings. The zero-order valence-electron chi connectivity index (χ0n) is 14.5. The van der Waals surface area contributed by atoms with Crippen molar-refractivity contribution in [1.29, 1.82) is 0 Å². The fourth-order valence-electron chi connectivity index (χ4n) is 4.03. The molecule has 0 radical (unpaired) electrons. The van der Waals surface area contributed by atoms with Crippen molar-refractivity contribution in [3.05, 3.63) is 33.8 Å². The average Bonchev–Trinajstić information content (AvgIpc) is 3.03. The highest BCUT2D eigenvalue weighted by molar-refractivity contribution is 6.42. The SMILES string of the molecule is CC(C(=O)NC1CCCCC1N1CCC(O)C1)c1ccc(Cl)c(Cl)c1. The highest BCUT2D eigenvalue weighted by Crippen LogP contribution is 2.29. The van der Waals surface area contributed by atoms with Crippen LogP contribution in [0.5, 0.6) is 0 Å². The van der Waals surface area contributed by atoms with E-state index >= 15 is 0 Å². The number of nitrogens with zero attached hydrogens (tertiary/aromatic N) is 1. The quantitative estimate of drug-likeness (QED) is 0.833. The number of halogens is 2. The predicted octanol–water partition coefficient (Wildman–Crippen LogP) is 3.59. The number of nitrogens with one attached hydrogen (secondary N) is 1. The van der Waals surface area contributed by atoms with Crippen LogP contribution >= 0.6 is 23.2 Å². The summed E-state index contributed by atoms with van der Waals surface area (Å²) in [6, 6.07) is 5.84. The van der Waals surface area contributed by atoms with Gasteiger partial charge in [0.15, 0.2) is 0 Å². The van der Waals surface area contributed by atoms with Crippen molar-refractivity contribution in [1.82, 2.24) is 10.2 Å². The molecule has 1 saturated heterocycles. The number of aliphatic hydroxyl groups excluding tert-OH is 1. The van der Waals surface area contributed by atoms with E-state index in [9.17, 15) is 9.90 Å². The van der Waals surface area contributed by atoms with Crippen molar-refractivity contribution in [2.24, 2.45) is 0 Å². The van der Waals surface area contributed by atoms with Crippen molar-refractivity contribution in [3.8, 4) is 0 Å². The smallest absolute Gasteiger partial charge is 0.227 e. The van der Waals surface area contributed by atoms with E-state index < -0.39 is 0 Å². The second-order valence-electron chi connectivity index (χ2n) is 7.30. The Bertz CT molecular complexity index is 625. The van der Waals surface area contributed by atoms with Gasteiger partial charge in [-0.3, -0.25) is 9.69 Å². The largest absolute Gasteiger partial charge is 0.392 e. The second kappa shape index (κ2) is 8.26. The Balaban J connectivity index is 1.66. The fourth-order valence-corrected chi connectivity index (χ4v) is 4.33. The highest BCUT2D eigenvalue weighted by atomic mass is 35.5. The van der Waals surface area contributed by atoms with Crippen molar-refractivity contribution in [3.63, 3.8) is 0 Å². The van der Waals surface area contributed by atoms with E-state index in [2.05, 4.69) is 10.2 Å². The van der Waals surface area contributed by atoms with Gasteiger partial charge in [-0.15, -0.1) is 0 Å². The van der Waals surface area contributed by atoms with E-state index in [1.54, 1.807) is 12.1 Å². The molecule has 0 bridgehead atoms. The highest BCUT2D eigenvalue weighted by Gasteiger charge is 2.35. The molecule has 4 atom stereocenters. The Kier molecular flexibility index (Phi) is 6.26. The molecule has 138 valence electrons. The minimum absolute atomic E-state index is 0.0232. The third-order valence-electron chi connectivity index (χ3n) is 5.56. The van der Waals surface area contributed by atoms with Crippen LogP contribution in [0.2, 0.25) is 10.0 Å². The van der Waals surface area contributed by atoms with Crippen LogP contribution in [0.15, 0.2) is 18.2 Å². The number of amides is 1. The standard InChI is InChI=1S/C19H26Cl2N2O2/c1-12(13-6-7-15(20)16(21)10-13)19(25)22-17-4-2-3-5-18(17)23-9-8-14(24)11-23/h6-7,10,12,14,17-18,24H,2-5,8-9,11H2,1H3,(H,22,25). The van der Waals surface area contributed by atoms with E-state index in [0.29, 0.717) is 16.1 Å². The van der Waals surface area contributed by atoms with Crippen LogP contribution in [0.1, 0.15) is 50.5 Å². The topological polar surface area (TPSA) is 52.6 Å². The summed E-state index contributed by atoms with van der Waals surface area (Å²) in [5, 5.41) is 14.1. The van der Waals surface area contributed by atoms with Crippen molar-refractivity contribution in [2.75, 3.05) is 13.1 Å². The molecule has 0 aromatic heterocycles. The zero-order chi connectivity index (χ0) is 18.0. The molecular formula is C19H26Cl2N2O2.